The fourth-order valence-electron chi connectivity index (χ4n) is 2.52. The molecule has 1 heterocycles. The van der Waals surface area contributed by atoms with Gasteiger partial charge in [-0.05, 0) is 27.2 Å². The maximum atomic E-state index is 12.2. The van der Waals surface area contributed by atoms with Gasteiger partial charge in [-0.3, -0.25) is 4.90 Å². The standard InChI is InChI=1S/C16H33N3O4/c1-16(2,3)23-15(20)19-8-7-18(14(12-17)13-19)6-5-9-22-11-10-21-4/h14H,5-13,17H2,1-4H3. The predicted octanol–water partition coefficient (Wildman–Crippen LogP) is 0.920. The first kappa shape index (κ1) is 20.2. The van der Waals surface area contributed by atoms with Gasteiger partial charge in [-0.2, -0.15) is 0 Å². The Bertz CT molecular complexity index is 347. The fourth-order valence-corrected chi connectivity index (χ4v) is 2.52. The largest absolute Gasteiger partial charge is 0.444 e. The van der Waals surface area contributed by atoms with Crippen molar-refractivity contribution in [2.24, 2.45) is 5.73 Å². The Balaban J connectivity index is 2.33. The monoisotopic (exact) mass is 331 g/mol. The minimum Gasteiger partial charge on any atom is -0.444 e. The normalized spacial score (nSPS) is 19.9. The summed E-state index contributed by atoms with van der Waals surface area (Å²) >= 11 is 0. The number of carbonyl (C=O) groups is 1. The molecule has 0 bridgehead atoms. The first-order valence-corrected chi connectivity index (χ1v) is 8.36. The highest BCUT2D eigenvalue weighted by Crippen LogP contribution is 2.15. The second kappa shape index (κ2) is 10.1. The second-order valence-corrected chi connectivity index (χ2v) is 6.81. The zero-order chi connectivity index (χ0) is 17.3. The van der Waals surface area contributed by atoms with E-state index in [0.29, 0.717) is 39.5 Å². The molecule has 0 radical (unpaired) electrons. The number of ether oxygens (including phenoxy) is 3. The number of hydrogen-bond donors (Lipinski definition) is 1. The summed E-state index contributed by atoms with van der Waals surface area (Å²) in [5.74, 6) is 0. The number of nitrogens with zero attached hydrogens (tertiary/aromatic N) is 2. The first-order chi connectivity index (χ1) is 10.9. The average molecular weight is 331 g/mol. The average Bonchev–Trinajstić information content (AvgIpc) is 2.49. The van der Waals surface area contributed by atoms with Gasteiger partial charge in [0.15, 0.2) is 0 Å². The molecule has 0 aromatic rings. The Morgan fingerprint density at radius 2 is 1.96 bits per heavy atom. The molecule has 136 valence electrons. The van der Waals surface area contributed by atoms with Crippen LogP contribution in [0.25, 0.3) is 0 Å². The summed E-state index contributed by atoms with van der Waals surface area (Å²) in [6.07, 6.45) is 0.700. The van der Waals surface area contributed by atoms with Crippen LogP contribution in [-0.2, 0) is 14.2 Å². The van der Waals surface area contributed by atoms with E-state index in [1.807, 2.05) is 20.8 Å². The molecule has 1 amide bonds. The molecule has 1 unspecified atom stereocenters. The molecule has 1 fully saturated rings. The number of methoxy groups -OCH3 is 1. The molecule has 0 aromatic heterocycles. The van der Waals surface area contributed by atoms with E-state index in [-0.39, 0.29) is 12.1 Å². The van der Waals surface area contributed by atoms with E-state index in [1.165, 1.54) is 0 Å². The van der Waals surface area contributed by atoms with Gasteiger partial charge in [0.2, 0.25) is 0 Å². The van der Waals surface area contributed by atoms with E-state index >= 15 is 0 Å². The van der Waals surface area contributed by atoms with E-state index in [9.17, 15) is 4.79 Å². The van der Waals surface area contributed by atoms with Crippen LogP contribution >= 0.6 is 0 Å². The topological polar surface area (TPSA) is 77.3 Å². The van der Waals surface area contributed by atoms with Crippen LogP contribution in [0.15, 0.2) is 0 Å². The molecule has 2 N–H and O–H groups in total. The number of hydrogen-bond acceptors (Lipinski definition) is 6. The third kappa shape index (κ3) is 7.97. The lowest BCUT2D eigenvalue weighted by atomic mass is 10.1. The van der Waals surface area contributed by atoms with Crippen molar-refractivity contribution in [2.75, 3.05) is 59.7 Å². The van der Waals surface area contributed by atoms with E-state index < -0.39 is 5.60 Å². The van der Waals surface area contributed by atoms with Gasteiger partial charge in [0.1, 0.15) is 5.60 Å². The van der Waals surface area contributed by atoms with Crippen LogP contribution in [0, 0.1) is 0 Å². The van der Waals surface area contributed by atoms with Crippen molar-refractivity contribution in [3.63, 3.8) is 0 Å². The van der Waals surface area contributed by atoms with E-state index in [4.69, 9.17) is 19.9 Å². The zero-order valence-electron chi connectivity index (χ0n) is 15.0. The molecule has 0 saturated carbocycles. The highest BCUT2D eigenvalue weighted by atomic mass is 16.6. The minimum atomic E-state index is -0.466. The minimum absolute atomic E-state index is 0.176. The predicted molar refractivity (Wildman–Crippen MR) is 89.5 cm³/mol. The maximum Gasteiger partial charge on any atom is 0.410 e. The molecule has 1 rings (SSSR count). The van der Waals surface area contributed by atoms with Gasteiger partial charge in [-0.15, -0.1) is 0 Å². The molecule has 0 aromatic carbocycles. The SMILES string of the molecule is COCCOCCCN1CCN(C(=O)OC(C)(C)C)CC1CN. The first-order valence-electron chi connectivity index (χ1n) is 8.36. The summed E-state index contributed by atoms with van der Waals surface area (Å²) in [7, 11) is 1.67. The third-order valence-electron chi connectivity index (χ3n) is 3.69. The van der Waals surface area contributed by atoms with Crippen LogP contribution in [0.4, 0.5) is 4.79 Å². The summed E-state index contributed by atoms with van der Waals surface area (Å²) < 4.78 is 15.9. The Labute approximate surface area is 140 Å². The summed E-state index contributed by atoms with van der Waals surface area (Å²) in [4.78, 5) is 16.2. The van der Waals surface area contributed by atoms with Gasteiger partial charge in [-0.1, -0.05) is 0 Å². The Morgan fingerprint density at radius 1 is 1.22 bits per heavy atom. The van der Waals surface area contributed by atoms with E-state index in [1.54, 1.807) is 12.0 Å². The van der Waals surface area contributed by atoms with Crippen LogP contribution in [-0.4, -0.2) is 87.2 Å². The highest BCUT2D eigenvalue weighted by Gasteiger charge is 2.30. The number of rotatable bonds is 8. The van der Waals surface area contributed by atoms with Gasteiger partial charge in [-0.25, -0.2) is 4.79 Å². The second-order valence-electron chi connectivity index (χ2n) is 6.81. The summed E-state index contributed by atoms with van der Waals surface area (Å²) in [5, 5.41) is 0. The molecular weight excluding hydrogens is 298 g/mol. The van der Waals surface area contributed by atoms with Gasteiger partial charge in [0, 0.05) is 52.5 Å². The molecule has 0 aliphatic carbocycles. The quantitative estimate of drug-likeness (QED) is 0.667. The lowest BCUT2D eigenvalue weighted by Crippen LogP contribution is -2.58. The lowest BCUT2D eigenvalue weighted by Gasteiger charge is -2.41. The number of nitrogens with two attached hydrogens (primary N) is 1. The van der Waals surface area contributed by atoms with Crippen molar-refractivity contribution in [2.45, 2.75) is 38.8 Å². The van der Waals surface area contributed by atoms with Crippen molar-refractivity contribution in [1.29, 1.82) is 0 Å². The Morgan fingerprint density at radius 3 is 2.57 bits per heavy atom. The molecule has 7 nitrogen and oxygen atoms in total. The lowest BCUT2D eigenvalue weighted by molar-refractivity contribution is 0.00267. The number of carbonyl (C=O) groups excluding carboxylic acids is 1. The van der Waals surface area contributed by atoms with Crippen LogP contribution < -0.4 is 5.73 Å². The number of piperazine rings is 1. The van der Waals surface area contributed by atoms with Crippen molar-refractivity contribution in [3.05, 3.63) is 0 Å². The Kier molecular flexibility index (Phi) is 8.83. The molecule has 1 saturated heterocycles. The summed E-state index contributed by atoms with van der Waals surface area (Å²) in [5.41, 5.74) is 5.42. The number of amides is 1. The van der Waals surface area contributed by atoms with E-state index in [0.717, 1.165) is 19.5 Å². The van der Waals surface area contributed by atoms with Crippen LogP contribution in [0.3, 0.4) is 0 Å². The molecular formula is C16H33N3O4. The highest BCUT2D eigenvalue weighted by molar-refractivity contribution is 5.68. The van der Waals surface area contributed by atoms with Gasteiger partial charge in [0.25, 0.3) is 0 Å². The van der Waals surface area contributed by atoms with Crippen molar-refractivity contribution < 1.29 is 19.0 Å². The summed E-state index contributed by atoms with van der Waals surface area (Å²) in [6.45, 7) is 11.2. The van der Waals surface area contributed by atoms with Gasteiger partial charge < -0.3 is 24.8 Å². The molecule has 1 atom stereocenters. The fraction of sp³-hybridized carbons (Fsp3) is 0.938. The van der Waals surface area contributed by atoms with Crippen LogP contribution in [0.2, 0.25) is 0 Å². The van der Waals surface area contributed by atoms with E-state index in [2.05, 4.69) is 4.90 Å². The van der Waals surface area contributed by atoms with Gasteiger partial charge in [0.05, 0.1) is 13.2 Å². The zero-order valence-corrected chi connectivity index (χ0v) is 15.0. The van der Waals surface area contributed by atoms with Crippen molar-refractivity contribution in [1.82, 2.24) is 9.80 Å². The summed E-state index contributed by atoms with van der Waals surface area (Å²) in [6, 6.07) is 0.176. The Hall–Kier alpha value is -0.890. The smallest absolute Gasteiger partial charge is 0.410 e. The van der Waals surface area contributed by atoms with Crippen LogP contribution in [0.5, 0.6) is 0 Å². The van der Waals surface area contributed by atoms with Gasteiger partial charge >= 0.3 is 6.09 Å². The van der Waals surface area contributed by atoms with Crippen molar-refractivity contribution in [3.8, 4) is 0 Å². The third-order valence-corrected chi connectivity index (χ3v) is 3.69. The molecule has 0 spiro atoms. The molecule has 23 heavy (non-hydrogen) atoms. The van der Waals surface area contributed by atoms with Crippen molar-refractivity contribution >= 4 is 6.09 Å². The van der Waals surface area contributed by atoms with Crippen LogP contribution in [0.1, 0.15) is 27.2 Å². The molecule has 1 aliphatic heterocycles. The maximum absolute atomic E-state index is 12.2. The molecule has 1 aliphatic rings. The molecule has 7 heteroatoms.